The summed E-state index contributed by atoms with van der Waals surface area (Å²) in [5.41, 5.74) is 2.59. The van der Waals surface area contributed by atoms with Crippen molar-refractivity contribution in [1.29, 1.82) is 0 Å². The molecule has 4 rings (SSSR count). The number of hydrogen-bond acceptors (Lipinski definition) is 4. The van der Waals surface area contributed by atoms with Gasteiger partial charge in [0.25, 0.3) is 0 Å². The Hall–Kier alpha value is -2.72. The highest BCUT2D eigenvalue weighted by atomic mass is 32.1. The molecule has 1 aromatic heterocycles. The second kappa shape index (κ2) is 5.82. The lowest BCUT2D eigenvalue weighted by Gasteiger charge is -2.16. The van der Waals surface area contributed by atoms with Gasteiger partial charge in [0.2, 0.25) is 0 Å². The Balaban J connectivity index is 1.64. The van der Waals surface area contributed by atoms with Crippen molar-refractivity contribution in [2.24, 2.45) is 4.99 Å². The molecule has 2 aromatic carbocycles. The van der Waals surface area contributed by atoms with Crippen molar-refractivity contribution in [3.63, 3.8) is 0 Å². The lowest BCUT2D eigenvalue weighted by Crippen LogP contribution is -2.27. The van der Waals surface area contributed by atoms with Crippen molar-refractivity contribution in [3.8, 4) is 16.2 Å². The summed E-state index contributed by atoms with van der Waals surface area (Å²) in [6.45, 7) is 0. The molecule has 0 saturated heterocycles. The van der Waals surface area contributed by atoms with Gasteiger partial charge in [-0.15, -0.1) is 11.3 Å². The van der Waals surface area contributed by atoms with E-state index in [-0.39, 0.29) is 5.97 Å². The maximum Gasteiger partial charge on any atom is 0.358 e. The largest absolute Gasteiger partial charge is 0.422 e. The van der Waals surface area contributed by atoms with Gasteiger partial charge in [0.1, 0.15) is 16.5 Å². The van der Waals surface area contributed by atoms with Gasteiger partial charge in [-0.2, -0.15) is 0 Å². The van der Waals surface area contributed by atoms with Gasteiger partial charge in [-0.05, 0) is 23.8 Å². The number of nitrogens with zero attached hydrogens (tertiary/aromatic N) is 1. The maximum atomic E-state index is 12.1. The van der Waals surface area contributed by atoms with E-state index in [1.165, 1.54) is 0 Å². The molecule has 3 nitrogen and oxygen atoms in total. The molecule has 0 spiro atoms. The van der Waals surface area contributed by atoms with Crippen molar-refractivity contribution in [2.45, 2.75) is 6.42 Å². The predicted octanol–water partition coefficient (Wildman–Crippen LogP) is 4.65. The van der Waals surface area contributed by atoms with E-state index >= 15 is 0 Å². The lowest BCUT2D eigenvalue weighted by molar-refractivity contribution is -0.127. The quantitative estimate of drug-likeness (QED) is 0.509. The third-order valence-electron chi connectivity index (χ3n) is 3.66. The SMILES string of the molecule is O=C1Oc2ccccc2CC1=Nc1ccc(-c2ccccc2)s1. The fraction of sp³-hybridized carbons (Fsp3) is 0.0526. The molecule has 0 amide bonds. The van der Waals surface area contributed by atoms with Crippen LogP contribution in [0, 0.1) is 0 Å². The molecule has 23 heavy (non-hydrogen) atoms. The fourth-order valence-corrected chi connectivity index (χ4v) is 3.43. The molecule has 0 atom stereocenters. The zero-order valence-electron chi connectivity index (χ0n) is 12.2. The van der Waals surface area contributed by atoms with Crippen LogP contribution < -0.4 is 4.74 Å². The molecule has 2 heterocycles. The van der Waals surface area contributed by atoms with E-state index in [1.807, 2.05) is 54.6 Å². The van der Waals surface area contributed by atoms with Crippen LogP contribution in [0.1, 0.15) is 5.56 Å². The van der Waals surface area contributed by atoms with Crippen LogP contribution in [0.4, 0.5) is 5.00 Å². The lowest BCUT2D eigenvalue weighted by atomic mass is 10.0. The maximum absolute atomic E-state index is 12.1. The molecule has 0 saturated carbocycles. The normalized spacial score (nSPS) is 15.3. The highest BCUT2D eigenvalue weighted by Crippen LogP contribution is 2.34. The summed E-state index contributed by atoms with van der Waals surface area (Å²) in [6, 6.07) is 21.7. The molecule has 0 aliphatic carbocycles. The molecule has 0 bridgehead atoms. The molecule has 1 aliphatic rings. The summed E-state index contributed by atoms with van der Waals surface area (Å²) in [5.74, 6) is 0.269. The first-order valence-electron chi connectivity index (χ1n) is 7.32. The van der Waals surface area contributed by atoms with Crippen molar-refractivity contribution in [1.82, 2.24) is 0 Å². The van der Waals surface area contributed by atoms with Gasteiger partial charge in [0.15, 0.2) is 0 Å². The van der Waals surface area contributed by atoms with Gasteiger partial charge in [0, 0.05) is 16.9 Å². The number of aliphatic imine (C=N–C) groups is 1. The van der Waals surface area contributed by atoms with Crippen LogP contribution in [-0.2, 0) is 11.2 Å². The molecule has 0 fully saturated rings. The third-order valence-corrected chi connectivity index (χ3v) is 4.69. The number of para-hydroxylation sites is 1. The smallest absolute Gasteiger partial charge is 0.358 e. The van der Waals surface area contributed by atoms with Crippen LogP contribution in [0.2, 0.25) is 0 Å². The van der Waals surface area contributed by atoms with Crippen molar-refractivity contribution < 1.29 is 9.53 Å². The number of carbonyl (C=O) groups excluding carboxylic acids is 1. The van der Waals surface area contributed by atoms with Crippen molar-refractivity contribution >= 4 is 28.0 Å². The van der Waals surface area contributed by atoms with Crippen molar-refractivity contribution in [2.75, 3.05) is 0 Å². The van der Waals surface area contributed by atoms with Crippen LogP contribution in [0.5, 0.6) is 5.75 Å². The predicted molar refractivity (Wildman–Crippen MR) is 92.6 cm³/mol. The topological polar surface area (TPSA) is 38.7 Å². The third kappa shape index (κ3) is 2.81. The minimum Gasteiger partial charge on any atom is -0.422 e. The summed E-state index contributed by atoms with van der Waals surface area (Å²) in [5, 5.41) is 0.815. The minimum absolute atomic E-state index is 0.363. The zero-order valence-corrected chi connectivity index (χ0v) is 13.0. The molecular formula is C19H13NO2S. The number of esters is 1. The Morgan fingerprint density at radius 3 is 2.57 bits per heavy atom. The summed E-state index contributed by atoms with van der Waals surface area (Å²) in [7, 11) is 0. The Morgan fingerprint density at radius 2 is 1.70 bits per heavy atom. The Morgan fingerprint density at radius 1 is 0.913 bits per heavy atom. The van der Waals surface area contributed by atoms with E-state index in [2.05, 4.69) is 17.1 Å². The summed E-state index contributed by atoms with van der Waals surface area (Å²) >= 11 is 1.57. The molecule has 0 N–H and O–H groups in total. The minimum atomic E-state index is -0.363. The number of carbonyl (C=O) groups is 1. The van der Waals surface area contributed by atoms with E-state index < -0.39 is 0 Å². The highest BCUT2D eigenvalue weighted by Gasteiger charge is 2.23. The van der Waals surface area contributed by atoms with Crippen LogP contribution in [0.25, 0.3) is 10.4 Å². The first kappa shape index (κ1) is 13.9. The van der Waals surface area contributed by atoms with Gasteiger partial charge in [0.05, 0.1) is 0 Å². The Labute approximate surface area is 137 Å². The highest BCUT2D eigenvalue weighted by molar-refractivity contribution is 7.19. The number of hydrogen-bond donors (Lipinski definition) is 0. The second-order valence-corrected chi connectivity index (χ2v) is 6.30. The van der Waals surface area contributed by atoms with E-state index in [0.29, 0.717) is 17.9 Å². The van der Waals surface area contributed by atoms with E-state index in [9.17, 15) is 4.79 Å². The van der Waals surface area contributed by atoms with E-state index in [4.69, 9.17) is 4.74 Å². The average molecular weight is 319 g/mol. The van der Waals surface area contributed by atoms with Crippen LogP contribution in [0.3, 0.4) is 0 Å². The molecule has 4 heteroatoms. The van der Waals surface area contributed by atoms with Gasteiger partial charge >= 0.3 is 5.97 Å². The Bertz CT molecular complexity index is 896. The van der Waals surface area contributed by atoms with E-state index in [0.717, 1.165) is 21.0 Å². The number of fused-ring (bicyclic) bond motifs is 1. The summed E-state index contributed by atoms with van der Waals surface area (Å²) < 4.78 is 5.34. The van der Waals surface area contributed by atoms with Crippen LogP contribution in [-0.4, -0.2) is 11.7 Å². The van der Waals surface area contributed by atoms with Crippen LogP contribution >= 0.6 is 11.3 Å². The van der Waals surface area contributed by atoms with Gasteiger partial charge < -0.3 is 4.74 Å². The number of rotatable bonds is 2. The molecule has 1 aliphatic heterocycles. The van der Waals surface area contributed by atoms with Gasteiger partial charge in [-0.3, -0.25) is 0 Å². The molecule has 0 radical (unpaired) electrons. The number of ether oxygens (including phenoxy) is 1. The number of benzene rings is 2. The first-order chi connectivity index (χ1) is 11.3. The van der Waals surface area contributed by atoms with Gasteiger partial charge in [-0.25, -0.2) is 9.79 Å². The van der Waals surface area contributed by atoms with Crippen LogP contribution in [0.15, 0.2) is 71.7 Å². The molecule has 3 aromatic rings. The average Bonchev–Trinajstić information content (AvgIpc) is 3.05. The fourth-order valence-electron chi connectivity index (χ4n) is 2.52. The summed E-state index contributed by atoms with van der Waals surface area (Å²) in [6.07, 6.45) is 0.508. The van der Waals surface area contributed by atoms with Gasteiger partial charge in [-0.1, -0.05) is 48.5 Å². The monoisotopic (exact) mass is 319 g/mol. The second-order valence-electron chi connectivity index (χ2n) is 5.24. The molecule has 112 valence electrons. The first-order valence-corrected chi connectivity index (χ1v) is 8.14. The Kier molecular flexibility index (Phi) is 3.52. The van der Waals surface area contributed by atoms with Crippen molar-refractivity contribution in [3.05, 3.63) is 72.3 Å². The zero-order chi connectivity index (χ0) is 15.6. The van der Waals surface area contributed by atoms with E-state index in [1.54, 1.807) is 11.3 Å². The number of thiophene rings is 1. The molecular weight excluding hydrogens is 306 g/mol. The molecule has 0 unspecified atom stereocenters. The standard InChI is InChI=1S/C19H13NO2S/c21-19-15(12-14-8-4-5-9-16(14)22-19)20-18-11-10-17(23-18)13-6-2-1-3-7-13/h1-11H,12H2. The summed E-state index contributed by atoms with van der Waals surface area (Å²) in [4.78, 5) is 17.7.